The van der Waals surface area contributed by atoms with Crippen molar-refractivity contribution in [2.45, 2.75) is 25.1 Å². The zero-order valence-electron chi connectivity index (χ0n) is 15.7. The van der Waals surface area contributed by atoms with Crippen LogP contribution in [0, 0.1) is 0 Å². The van der Waals surface area contributed by atoms with Crippen LogP contribution in [0.5, 0.6) is 0 Å². The lowest BCUT2D eigenvalue weighted by atomic mass is 10.2. The molecule has 1 fully saturated rings. The standard InChI is InChI=1S/C17H24N6O2S.HI/c1-17(2)12-22(8-9-26(17,24)25)16(18-3)21-11-14-4-5-15(20-10-14)23-7-6-19-13-23;/h4-7,10,13H,8-9,11-12H2,1-3H3,(H,18,21);1H. The van der Waals surface area contributed by atoms with Gasteiger partial charge < -0.3 is 10.2 Å². The molecule has 3 heterocycles. The van der Waals surface area contributed by atoms with Gasteiger partial charge in [-0.1, -0.05) is 6.07 Å². The molecule has 27 heavy (non-hydrogen) atoms. The lowest BCUT2D eigenvalue weighted by molar-refractivity contribution is 0.353. The van der Waals surface area contributed by atoms with Gasteiger partial charge in [-0.3, -0.25) is 9.56 Å². The zero-order chi connectivity index (χ0) is 18.8. The molecule has 0 aromatic carbocycles. The van der Waals surface area contributed by atoms with Crippen LogP contribution in [0.4, 0.5) is 0 Å². The lowest BCUT2D eigenvalue weighted by Gasteiger charge is -2.39. The molecule has 2 aromatic rings. The molecule has 0 amide bonds. The summed E-state index contributed by atoms with van der Waals surface area (Å²) in [6.45, 7) is 4.96. The molecule has 1 aliphatic heterocycles. The Morgan fingerprint density at radius 2 is 2.15 bits per heavy atom. The molecular weight excluding hydrogens is 479 g/mol. The minimum absolute atomic E-state index is 0. The van der Waals surface area contributed by atoms with E-state index in [9.17, 15) is 8.42 Å². The van der Waals surface area contributed by atoms with Crippen molar-refractivity contribution >= 4 is 39.8 Å². The van der Waals surface area contributed by atoms with Crippen LogP contribution >= 0.6 is 24.0 Å². The van der Waals surface area contributed by atoms with Crippen LogP contribution in [0.2, 0.25) is 0 Å². The van der Waals surface area contributed by atoms with E-state index in [0.29, 0.717) is 25.6 Å². The summed E-state index contributed by atoms with van der Waals surface area (Å²) in [5, 5.41) is 3.30. The Hall–Kier alpha value is -1.69. The summed E-state index contributed by atoms with van der Waals surface area (Å²) in [6.07, 6.45) is 7.06. The minimum atomic E-state index is -3.07. The van der Waals surface area contributed by atoms with Crippen LogP contribution in [0.25, 0.3) is 5.82 Å². The Labute approximate surface area is 177 Å². The van der Waals surface area contributed by atoms with Gasteiger partial charge in [0.1, 0.15) is 12.1 Å². The number of rotatable bonds is 3. The molecular formula is C17H25IN6O2S. The van der Waals surface area contributed by atoms with Gasteiger partial charge in [0.05, 0.1) is 10.5 Å². The summed E-state index contributed by atoms with van der Waals surface area (Å²) in [5.41, 5.74) is 1.01. The number of imidazole rings is 1. The predicted molar refractivity (Wildman–Crippen MR) is 116 cm³/mol. The number of nitrogens with zero attached hydrogens (tertiary/aromatic N) is 5. The van der Waals surface area contributed by atoms with Crippen LogP contribution in [-0.2, 0) is 16.4 Å². The van der Waals surface area contributed by atoms with Gasteiger partial charge in [0.25, 0.3) is 0 Å². The zero-order valence-corrected chi connectivity index (χ0v) is 18.8. The first-order valence-electron chi connectivity index (χ1n) is 8.43. The van der Waals surface area contributed by atoms with Crippen molar-refractivity contribution < 1.29 is 8.42 Å². The fourth-order valence-corrected chi connectivity index (χ4v) is 4.27. The smallest absolute Gasteiger partial charge is 0.193 e. The molecule has 0 saturated carbocycles. The maximum absolute atomic E-state index is 12.2. The highest BCUT2D eigenvalue weighted by molar-refractivity contribution is 14.0. The van der Waals surface area contributed by atoms with Crippen LogP contribution in [0.15, 0.2) is 42.0 Å². The third-order valence-electron chi connectivity index (χ3n) is 4.58. The monoisotopic (exact) mass is 504 g/mol. The van der Waals surface area contributed by atoms with E-state index >= 15 is 0 Å². The first kappa shape index (κ1) is 21.6. The van der Waals surface area contributed by atoms with Crippen molar-refractivity contribution in [1.29, 1.82) is 0 Å². The number of guanidine groups is 1. The maximum atomic E-state index is 12.2. The van der Waals surface area contributed by atoms with Gasteiger partial charge >= 0.3 is 0 Å². The molecule has 1 aliphatic rings. The minimum Gasteiger partial charge on any atom is -0.352 e. The summed E-state index contributed by atoms with van der Waals surface area (Å²) in [7, 11) is -1.36. The summed E-state index contributed by atoms with van der Waals surface area (Å²) in [4.78, 5) is 14.7. The fraction of sp³-hybridized carbons (Fsp3) is 0.471. The average molecular weight is 504 g/mol. The molecule has 0 unspecified atom stereocenters. The van der Waals surface area contributed by atoms with Crippen molar-refractivity contribution in [2.75, 3.05) is 25.9 Å². The number of hydrogen-bond donors (Lipinski definition) is 1. The van der Waals surface area contributed by atoms with Crippen LogP contribution in [0.3, 0.4) is 0 Å². The first-order valence-corrected chi connectivity index (χ1v) is 10.1. The fourth-order valence-electron chi connectivity index (χ4n) is 2.91. The van der Waals surface area contributed by atoms with Gasteiger partial charge in [-0.15, -0.1) is 24.0 Å². The summed E-state index contributed by atoms with van der Waals surface area (Å²) in [5.74, 6) is 1.65. The van der Waals surface area contributed by atoms with Crippen molar-refractivity contribution in [2.24, 2.45) is 4.99 Å². The molecule has 3 rings (SSSR count). The maximum Gasteiger partial charge on any atom is 0.193 e. The number of aromatic nitrogens is 3. The highest BCUT2D eigenvalue weighted by atomic mass is 127. The number of hydrogen-bond acceptors (Lipinski definition) is 5. The molecule has 0 bridgehead atoms. The van der Waals surface area contributed by atoms with E-state index in [-0.39, 0.29) is 29.7 Å². The number of halogens is 1. The molecule has 8 nitrogen and oxygen atoms in total. The number of nitrogens with one attached hydrogen (secondary N) is 1. The lowest BCUT2D eigenvalue weighted by Crippen LogP contribution is -2.57. The Kier molecular flexibility index (Phi) is 6.84. The average Bonchev–Trinajstić information content (AvgIpc) is 3.13. The Balaban J connectivity index is 0.00000261. The molecule has 0 radical (unpaired) electrons. The molecule has 0 aliphatic carbocycles. The van der Waals surface area contributed by atoms with E-state index < -0.39 is 14.6 Å². The summed E-state index contributed by atoms with van der Waals surface area (Å²) < 4.78 is 25.4. The van der Waals surface area contributed by atoms with Crippen LogP contribution < -0.4 is 5.32 Å². The van der Waals surface area contributed by atoms with Crippen molar-refractivity contribution in [3.05, 3.63) is 42.6 Å². The second kappa shape index (κ2) is 8.55. The Morgan fingerprint density at radius 3 is 2.70 bits per heavy atom. The number of sulfone groups is 1. The van der Waals surface area contributed by atoms with E-state index in [2.05, 4.69) is 20.3 Å². The normalized spacial score (nSPS) is 18.6. The molecule has 0 spiro atoms. The van der Waals surface area contributed by atoms with Gasteiger partial charge in [0, 0.05) is 45.3 Å². The molecule has 0 atom stereocenters. The van der Waals surface area contributed by atoms with Gasteiger partial charge in [-0.2, -0.15) is 0 Å². The van der Waals surface area contributed by atoms with E-state index in [1.165, 1.54) is 0 Å². The van der Waals surface area contributed by atoms with E-state index in [1.807, 2.05) is 27.8 Å². The molecule has 10 heteroatoms. The SMILES string of the molecule is CN=C(NCc1ccc(-n2ccnc2)nc1)N1CCS(=O)(=O)C(C)(C)C1.I. The van der Waals surface area contributed by atoms with E-state index in [4.69, 9.17) is 0 Å². The second-order valence-corrected chi connectivity index (χ2v) is 9.64. The highest BCUT2D eigenvalue weighted by Crippen LogP contribution is 2.23. The topological polar surface area (TPSA) is 92.5 Å². The van der Waals surface area contributed by atoms with Crippen LogP contribution in [-0.4, -0.2) is 64.4 Å². The summed E-state index contributed by atoms with van der Waals surface area (Å²) >= 11 is 0. The number of aliphatic imine (C=N–C) groups is 1. The van der Waals surface area contributed by atoms with Gasteiger partial charge in [-0.25, -0.2) is 18.4 Å². The molecule has 1 saturated heterocycles. The molecule has 148 valence electrons. The highest BCUT2D eigenvalue weighted by Gasteiger charge is 2.40. The Morgan fingerprint density at radius 1 is 1.37 bits per heavy atom. The largest absolute Gasteiger partial charge is 0.352 e. The van der Waals surface area contributed by atoms with Crippen LogP contribution in [0.1, 0.15) is 19.4 Å². The third kappa shape index (κ3) is 4.78. The third-order valence-corrected chi connectivity index (χ3v) is 7.12. The van der Waals surface area contributed by atoms with Crippen molar-refractivity contribution in [3.63, 3.8) is 0 Å². The van der Waals surface area contributed by atoms with Crippen molar-refractivity contribution in [3.8, 4) is 5.82 Å². The second-order valence-electron chi connectivity index (χ2n) is 6.90. The Bertz CT molecular complexity index is 879. The van der Waals surface area contributed by atoms with Crippen molar-refractivity contribution in [1.82, 2.24) is 24.8 Å². The van der Waals surface area contributed by atoms with E-state index in [1.54, 1.807) is 39.6 Å². The first-order chi connectivity index (χ1) is 12.3. The van der Waals surface area contributed by atoms with Gasteiger partial charge in [0.2, 0.25) is 0 Å². The van der Waals surface area contributed by atoms with E-state index in [0.717, 1.165) is 11.4 Å². The molecule has 1 N–H and O–H groups in total. The number of pyridine rings is 1. The quantitative estimate of drug-likeness (QED) is 0.387. The summed E-state index contributed by atoms with van der Waals surface area (Å²) in [6, 6.07) is 3.92. The molecule has 2 aromatic heterocycles. The van der Waals surface area contributed by atoms with Gasteiger partial charge in [-0.05, 0) is 25.5 Å². The van der Waals surface area contributed by atoms with Gasteiger partial charge in [0.15, 0.2) is 15.8 Å². The predicted octanol–water partition coefficient (Wildman–Crippen LogP) is 1.47.